The molecule has 1 aliphatic heterocycles. The first kappa shape index (κ1) is 20.6. The number of benzene rings is 2. The highest BCUT2D eigenvalue weighted by Crippen LogP contribution is 2.21. The molecule has 2 heterocycles. The van der Waals surface area contributed by atoms with Gasteiger partial charge in [-0.3, -0.25) is 9.69 Å². The van der Waals surface area contributed by atoms with Gasteiger partial charge in [0.15, 0.2) is 9.84 Å². The average molecular weight is 426 g/mol. The summed E-state index contributed by atoms with van der Waals surface area (Å²) in [6.45, 7) is 1.34. The zero-order valence-corrected chi connectivity index (χ0v) is 17.7. The lowest BCUT2D eigenvalue weighted by atomic mass is 10.0. The molecular formula is C23H27N3O3S. The first-order chi connectivity index (χ1) is 14.5. The smallest absolute Gasteiger partial charge is 0.237 e. The number of amides is 1. The average Bonchev–Trinajstić information content (AvgIpc) is 3.16. The minimum atomic E-state index is -3.00. The lowest BCUT2D eigenvalue weighted by molar-refractivity contribution is -0.126. The predicted octanol–water partition coefficient (Wildman–Crippen LogP) is 2.17. The summed E-state index contributed by atoms with van der Waals surface area (Å²) in [6.07, 6.45) is 3.26. The van der Waals surface area contributed by atoms with Crippen LogP contribution < -0.4 is 5.32 Å². The van der Waals surface area contributed by atoms with E-state index in [1.807, 2.05) is 65.7 Å². The number of para-hydroxylation sites is 1. The Labute approximate surface area is 177 Å². The number of fused-ring (bicyclic) bond motifs is 1. The van der Waals surface area contributed by atoms with Crippen LogP contribution in [0.2, 0.25) is 0 Å². The van der Waals surface area contributed by atoms with Crippen LogP contribution in [-0.4, -0.2) is 61.4 Å². The van der Waals surface area contributed by atoms with Crippen molar-refractivity contribution in [1.82, 2.24) is 15.2 Å². The molecule has 0 bridgehead atoms. The third-order valence-electron chi connectivity index (χ3n) is 5.77. The van der Waals surface area contributed by atoms with Crippen LogP contribution >= 0.6 is 0 Å². The van der Waals surface area contributed by atoms with Crippen molar-refractivity contribution in [2.24, 2.45) is 0 Å². The molecule has 3 aromatic rings. The van der Waals surface area contributed by atoms with E-state index < -0.39 is 15.9 Å². The van der Waals surface area contributed by atoms with Gasteiger partial charge in [0.25, 0.3) is 0 Å². The van der Waals surface area contributed by atoms with Gasteiger partial charge in [0, 0.05) is 36.7 Å². The maximum atomic E-state index is 13.1. The molecule has 6 nitrogen and oxygen atoms in total. The molecule has 30 heavy (non-hydrogen) atoms. The zero-order valence-electron chi connectivity index (χ0n) is 16.9. The van der Waals surface area contributed by atoms with E-state index in [1.165, 1.54) is 5.56 Å². The number of aromatic nitrogens is 1. The molecule has 2 aromatic carbocycles. The fraction of sp³-hybridized carbons (Fsp3) is 0.348. The normalized spacial score (nSPS) is 17.6. The van der Waals surface area contributed by atoms with E-state index in [1.54, 1.807) is 0 Å². The highest BCUT2D eigenvalue weighted by Gasteiger charge is 2.31. The molecule has 0 saturated carbocycles. The Morgan fingerprint density at radius 1 is 1.03 bits per heavy atom. The van der Waals surface area contributed by atoms with Crippen LogP contribution in [0.1, 0.15) is 11.1 Å². The molecule has 1 amide bonds. The Balaban J connectivity index is 1.48. The number of nitrogens with one attached hydrogen (secondary N) is 2. The van der Waals surface area contributed by atoms with E-state index in [0.717, 1.165) is 22.9 Å². The first-order valence-electron chi connectivity index (χ1n) is 10.3. The summed E-state index contributed by atoms with van der Waals surface area (Å²) in [4.78, 5) is 18.4. The summed E-state index contributed by atoms with van der Waals surface area (Å²) in [5, 5.41) is 4.17. The molecule has 1 aromatic heterocycles. The second-order valence-electron chi connectivity index (χ2n) is 7.79. The number of hydrogen-bond acceptors (Lipinski definition) is 4. The van der Waals surface area contributed by atoms with Crippen molar-refractivity contribution in [3.05, 3.63) is 71.9 Å². The Hall–Kier alpha value is -2.64. The van der Waals surface area contributed by atoms with Gasteiger partial charge in [0.2, 0.25) is 5.91 Å². The Kier molecular flexibility index (Phi) is 6.20. The molecule has 1 aliphatic rings. The molecule has 0 unspecified atom stereocenters. The summed E-state index contributed by atoms with van der Waals surface area (Å²) in [6, 6.07) is 17.7. The number of nitrogens with zero attached hydrogens (tertiary/aromatic N) is 1. The maximum Gasteiger partial charge on any atom is 0.237 e. The van der Waals surface area contributed by atoms with Gasteiger partial charge in [-0.1, -0.05) is 48.5 Å². The molecule has 1 fully saturated rings. The quantitative estimate of drug-likeness (QED) is 0.608. The SMILES string of the molecule is O=C(NCCc1ccccc1)[C@@H](Cc1c[nH]c2ccccc12)N1CCS(=O)(=O)CC1. The maximum absolute atomic E-state index is 13.1. The van der Waals surface area contributed by atoms with E-state index in [4.69, 9.17) is 0 Å². The van der Waals surface area contributed by atoms with Crippen LogP contribution in [0.5, 0.6) is 0 Å². The number of H-pyrrole nitrogens is 1. The minimum Gasteiger partial charge on any atom is -0.361 e. The van der Waals surface area contributed by atoms with Crippen LogP contribution in [0.15, 0.2) is 60.8 Å². The molecule has 1 atom stereocenters. The number of carbonyl (C=O) groups is 1. The first-order valence-corrected chi connectivity index (χ1v) is 12.1. The van der Waals surface area contributed by atoms with Gasteiger partial charge in [0.1, 0.15) is 0 Å². The van der Waals surface area contributed by atoms with E-state index in [9.17, 15) is 13.2 Å². The number of sulfone groups is 1. The number of hydrogen-bond donors (Lipinski definition) is 2. The lowest BCUT2D eigenvalue weighted by Gasteiger charge is -2.33. The topological polar surface area (TPSA) is 82.3 Å². The molecule has 2 N–H and O–H groups in total. The summed E-state index contributed by atoms with van der Waals surface area (Å²) >= 11 is 0. The monoisotopic (exact) mass is 425 g/mol. The van der Waals surface area contributed by atoms with Gasteiger partial charge in [0.05, 0.1) is 17.5 Å². The van der Waals surface area contributed by atoms with Gasteiger partial charge in [-0.15, -0.1) is 0 Å². The molecule has 1 saturated heterocycles. The Morgan fingerprint density at radius 3 is 2.50 bits per heavy atom. The highest BCUT2D eigenvalue weighted by molar-refractivity contribution is 7.91. The van der Waals surface area contributed by atoms with Crippen LogP contribution in [0, 0.1) is 0 Å². The Bertz CT molecular complexity index is 1090. The van der Waals surface area contributed by atoms with E-state index >= 15 is 0 Å². The zero-order chi connectivity index (χ0) is 21.0. The van der Waals surface area contributed by atoms with Gasteiger partial charge in [-0.2, -0.15) is 0 Å². The lowest BCUT2D eigenvalue weighted by Crippen LogP contribution is -2.53. The highest BCUT2D eigenvalue weighted by atomic mass is 32.2. The standard InChI is InChI=1S/C23H27N3O3S/c27-23(24-11-10-18-6-2-1-3-7-18)22(26-12-14-30(28,29)15-13-26)16-19-17-25-21-9-5-4-8-20(19)21/h1-9,17,22,25H,10-16H2,(H,24,27)/t22-/m1/s1. The van der Waals surface area contributed by atoms with Crippen molar-refractivity contribution in [2.45, 2.75) is 18.9 Å². The van der Waals surface area contributed by atoms with Crippen molar-refractivity contribution in [3.8, 4) is 0 Å². The summed E-state index contributed by atoms with van der Waals surface area (Å²) in [5.74, 6) is 0.166. The van der Waals surface area contributed by atoms with Gasteiger partial charge in [-0.25, -0.2) is 8.42 Å². The molecular weight excluding hydrogens is 398 g/mol. The molecule has 0 spiro atoms. The second-order valence-corrected chi connectivity index (χ2v) is 10.1. The van der Waals surface area contributed by atoms with Crippen molar-refractivity contribution >= 4 is 26.6 Å². The van der Waals surface area contributed by atoms with E-state index in [-0.39, 0.29) is 17.4 Å². The molecule has 4 rings (SSSR count). The molecule has 0 radical (unpaired) electrons. The van der Waals surface area contributed by atoms with Crippen LogP contribution in [-0.2, 0) is 27.5 Å². The summed E-state index contributed by atoms with van der Waals surface area (Å²) < 4.78 is 23.8. The molecule has 0 aliphatic carbocycles. The number of carbonyl (C=O) groups excluding carboxylic acids is 1. The largest absolute Gasteiger partial charge is 0.361 e. The fourth-order valence-corrected chi connectivity index (χ4v) is 5.26. The van der Waals surface area contributed by atoms with Gasteiger partial charge >= 0.3 is 0 Å². The predicted molar refractivity (Wildman–Crippen MR) is 119 cm³/mol. The Morgan fingerprint density at radius 2 is 1.73 bits per heavy atom. The third kappa shape index (κ3) is 4.91. The van der Waals surface area contributed by atoms with Crippen molar-refractivity contribution in [1.29, 1.82) is 0 Å². The summed E-state index contributed by atoms with van der Waals surface area (Å²) in [7, 11) is -3.00. The van der Waals surface area contributed by atoms with E-state index in [2.05, 4.69) is 10.3 Å². The third-order valence-corrected chi connectivity index (χ3v) is 7.38. The molecule has 7 heteroatoms. The van der Waals surface area contributed by atoms with E-state index in [0.29, 0.717) is 26.1 Å². The fourth-order valence-electron chi connectivity index (χ4n) is 4.03. The number of rotatable bonds is 7. The summed E-state index contributed by atoms with van der Waals surface area (Å²) in [5.41, 5.74) is 3.29. The van der Waals surface area contributed by atoms with Crippen molar-refractivity contribution < 1.29 is 13.2 Å². The van der Waals surface area contributed by atoms with Gasteiger partial charge in [-0.05, 0) is 30.0 Å². The van der Waals surface area contributed by atoms with Crippen LogP contribution in [0.3, 0.4) is 0 Å². The second kappa shape index (κ2) is 9.02. The number of aromatic amines is 1. The van der Waals surface area contributed by atoms with Crippen LogP contribution in [0.4, 0.5) is 0 Å². The minimum absolute atomic E-state index is 0.0458. The van der Waals surface area contributed by atoms with Crippen molar-refractivity contribution in [2.75, 3.05) is 31.1 Å². The van der Waals surface area contributed by atoms with Crippen LogP contribution in [0.25, 0.3) is 10.9 Å². The molecule has 158 valence electrons. The van der Waals surface area contributed by atoms with Crippen molar-refractivity contribution in [3.63, 3.8) is 0 Å². The van der Waals surface area contributed by atoms with Gasteiger partial charge < -0.3 is 10.3 Å².